The zero-order chi connectivity index (χ0) is 23.0. The number of hydrogen-bond acceptors (Lipinski definition) is 4. The molecule has 0 radical (unpaired) electrons. The van der Waals surface area contributed by atoms with Crippen LogP contribution >= 0.6 is 0 Å². The van der Waals surface area contributed by atoms with Gasteiger partial charge in [0.1, 0.15) is 0 Å². The largest absolute Gasteiger partial charge is 0.272 e. The molecule has 1 fully saturated rings. The third-order valence-electron chi connectivity index (χ3n) is 6.92. The Bertz CT molecular complexity index is 1040. The minimum Gasteiger partial charge on any atom is -0.272 e. The van der Waals surface area contributed by atoms with E-state index in [1.165, 1.54) is 23.5 Å². The van der Waals surface area contributed by atoms with Gasteiger partial charge in [-0.3, -0.25) is 14.0 Å². The van der Waals surface area contributed by atoms with E-state index < -0.39 is 0 Å². The lowest BCUT2D eigenvalue weighted by atomic mass is 10.0. The molecular formula is C25H39N7. The molecule has 1 aliphatic rings. The fraction of sp³-hybridized carbons (Fsp3) is 0.680. The van der Waals surface area contributed by atoms with E-state index in [9.17, 15) is 0 Å². The first-order chi connectivity index (χ1) is 15.2. The van der Waals surface area contributed by atoms with Crippen molar-refractivity contribution in [1.82, 2.24) is 34.6 Å². The Morgan fingerprint density at radius 1 is 1.00 bits per heavy atom. The predicted octanol–water partition coefficient (Wildman–Crippen LogP) is 5.15. The van der Waals surface area contributed by atoms with E-state index in [4.69, 9.17) is 5.10 Å². The van der Waals surface area contributed by atoms with Crippen molar-refractivity contribution in [2.45, 2.75) is 97.6 Å². The summed E-state index contributed by atoms with van der Waals surface area (Å²) in [6, 6.07) is 4.57. The standard InChI is InChI=1S/C25H39N7/c1-16(2)23-15-31(29-26-23)10-9-20-13-21(20)22-14-24(17(3)4)32(28-22)11-8-18(5)25-12-19(6)27-30(25)7/h12,14-18,20-21H,8-11,13H2,1-7H3. The zero-order valence-electron chi connectivity index (χ0n) is 20.8. The van der Waals surface area contributed by atoms with Crippen molar-refractivity contribution in [3.63, 3.8) is 0 Å². The van der Waals surface area contributed by atoms with Crippen LogP contribution in [0.15, 0.2) is 18.3 Å². The van der Waals surface area contributed by atoms with Gasteiger partial charge in [-0.1, -0.05) is 39.8 Å². The van der Waals surface area contributed by atoms with Crippen LogP contribution in [0.3, 0.4) is 0 Å². The second-order valence-electron chi connectivity index (χ2n) is 10.3. The Morgan fingerprint density at radius 2 is 1.78 bits per heavy atom. The van der Waals surface area contributed by atoms with Gasteiger partial charge in [0, 0.05) is 43.6 Å². The summed E-state index contributed by atoms with van der Waals surface area (Å²) in [4.78, 5) is 0. The van der Waals surface area contributed by atoms with Crippen molar-refractivity contribution < 1.29 is 0 Å². The summed E-state index contributed by atoms with van der Waals surface area (Å²) in [5.74, 6) is 2.68. The molecule has 1 saturated carbocycles. The Morgan fingerprint density at radius 3 is 2.41 bits per heavy atom. The average Bonchev–Trinajstić information content (AvgIpc) is 3.08. The second kappa shape index (κ2) is 9.20. The monoisotopic (exact) mass is 437 g/mol. The maximum atomic E-state index is 5.08. The van der Waals surface area contributed by atoms with Crippen LogP contribution in [0.1, 0.15) is 106 Å². The van der Waals surface area contributed by atoms with Crippen LogP contribution in [-0.2, 0) is 20.1 Å². The molecule has 3 atom stereocenters. The van der Waals surface area contributed by atoms with Crippen molar-refractivity contribution in [1.29, 1.82) is 0 Å². The molecule has 0 amide bonds. The first kappa shape index (κ1) is 22.7. The molecule has 3 aromatic heterocycles. The third-order valence-corrected chi connectivity index (χ3v) is 6.92. The highest BCUT2D eigenvalue weighted by molar-refractivity contribution is 5.23. The zero-order valence-corrected chi connectivity index (χ0v) is 20.8. The molecule has 3 unspecified atom stereocenters. The summed E-state index contributed by atoms with van der Waals surface area (Å²) in [6.45, 7) is 15.1. The maximum Gasteiger partial charge on any atom is 0.0852 e. The van der Waals surface area contributed by atoms with Gasteiger partial charge in [-0.05, 0) is 62.0 Å². The Balaban J connectivity index is 1.36. The predicted molar refractivity (Wildman–Crippen MR) is 127 cm³/mol. The van der Waals surface area contributed by atoms with Crippen molar-refractivity contribution in [3.05, 3.63) is 46.8 Å². The fourth-order valence-corrected chi connectivity index (χ4v) is 4.75. The summed E-state index contributed by atoms with van der Waals surface area (Å²) >= 11 is 0. The number of nitrogens with zero attached hydrogens (tertiary/aromatic N) is 7. The minimum atomic E-state index is 0.431. The molecular weight excluding hydrogens is 398 g/mol. The Kier molecular flexibility index (Phi) is 6.54. The van der Waals surface area contributed by atoms with Crippen molar-refractivity contribution >= 4 is 0 Å². The van der Waals surface area contributed by atoms with E-state index in [2.05, 4.69) is 80.0 Å². The SMILES string of the molecule is Cc1cc(C(C)CCn2nc(C3CC3CCn3cc(C(C)C)nn3)cc2C(C)C)n(C)n1. The van der Waals surface area contributed by atoms with E-state index in [1.54, 1.807) is 0 Å². The highest BCUT2D eigenvalue weighted by atomic mass is 15.4. The van der Waals surface area contributed by atoms with Crippen LogP contribution in [0.2, 0.25) is 0 Å². The van der Waals surface area contributed by atoms with Crippen molar-refractivity contribution in [3.8, 4) is 0 Å². The van der Waals surface area contributed by atoms with Gasteiger partial charge in [0.2, 0.25) is 0 Å². The van der Waals surface area contributed by atoms with Gasteiger partial charge in [0.05, 0.1) is 17.1 Å². The Hall–Kier alpha value is -2.44. The highest BCUT2D eigenvalue weighted by Gasteiger charge is 2.40. The lowest BCUT2D eigenvalue weighted by molar-refractivity contribution is 0.487. The van der Waals surface area contributed by atoms with Crippen LogP contribution in [0.25, 0.3) is 0 Å². The molecule has 0 aliphatic heterocycles. The lowest BCUT2D eigenvalue weighted by Crippen LogP contribution is -2.11. The van der Waals surface area contributed by atoms with Gasteiger partial charge in [0.15, 0.2) is 0 Å². The summed E-state index contributed by atoms with van der Waals surface area (Å²) in [6.07, 6.45) is 5.55. The van der Waals surface area contributed by atoms with Crippen LogP contribution in [0.4, 0.5) is 0 Å². The van der Waals surface area contributed by atoms with E-state index in [1.807, 2.05) is 16.4 Å². The van der Waals surface area contributed by atoms with Crippen LogP contribution < -0.4 is 0 Å². The smallest absolute Gasteiger partial charge is 0.0852 e. The van der Waals surface area contributed by atoms with E-state index in [0.717, 1.165) is 37.3 Å². The first-order valence-corrected chi connectivity index (χ1v) is 12.2. The van der Waals surface area contributed by atoms with Crippen molar-refractivity contribution in [2.75, 3.05) is 0 Å². The first-order valence-electron chi connectivity index (χ1n) is 12.2. The van der Waals surface area contributed by atoms with Crippen LogP contribution in [-0.4, -0.2) is 34.6 Å². The summed E-state index contributed by atoms with van der Waals surface area (Å²) in [7, 11) is 2.04. The van der Waals surface area contributed by atoms with Gasteiger partial charge >= 0.3 is 0 Å². The number of rotatable bonds is 10. The maximum absolute atomic E-state index is 5.08. The van der Waals surface area contributed by atoms with Gasteiger partial charge in [0.25, 0.3) is 0 Å². The van der Waals surface area contributed by atoms with Crippen molar-refractivity contribution in [2.24, 2.45) is 13.0 Å². The molecule has 3 aromatic rings. The molecule has 3 heterocycles. The topological polar surface area (TPSA) is 66.3 Å². The molecule has 32 heavy (non-hydrogen) atoms. The third kappa shape index (κ3) is 4.97. The molecule has 1 aliphatic carbocycles. The molecule has 4 rings (SSSR count). The lowest BCUT2D eigenvalue weighted by Gasteiger charge is -2.14. The number of aryl methyl sites for hydroxylation is 4. The minimum absolute atomic E-state index is 0.431. The molecule has 174 valence electrons. The summed E-state index contributed by atoms with van der Waals surface area (Å²) < 4.78 is 6.29. The molecule has 7 nitrogen and oxygen atoms in total. The van der Waals surface area contributed by atoms with E-state index >= 15 is 0 Å². The van der Waals surface area contributed by atoms with Crippen LogP contribution in [0, 0.1) is 12.8 Å². The normalized spacial score (nSPS) is 19.3. The molecule has 7 heteroatoms. The molecule has 0 bridgehead atoms. The van der Waals surface area contributed by atoms with Gasteiger partial charge in [-0.15, -0.1) is 5.10 Å². The second-order valence-corrected chi connectivity index (χ2v) is 10.3. The number of aromatic nitrogens is 7. The fourth-order valence-electron chi connectivity index (χ4n) is 4.75. The van der Waals surface area contributed by atoms with E-state index in [0.29, 0.717) is 29.6 Å². The average molecular weight is 438 g/mol. The molecule has 0 aromatic carbocycles. The molecule has 0 N–H and O–H groups in total. The molecule has 0 spiro atoms. The van der Waals surface area contributed by atoms with Crippen LogP contribution in [0.5, 0.6) is 0 Å². The number of hydrogen-bond donors (Lipinski definition) is 0. The van der Waals surface area contributed by atoms with E-state index in [-0.39, 0.29) is 0 Å². The molecule has 0 saturated heterocycles. The Labute approximate surface area is 192 Å². The summed E-state index contributed by atoms with van der Waals surface area (Å²) in [5, 5.41) is 18.2. The quantitative estimate of drug-likeness (QED) is 0.440. The highest BCUT2D eigenvalue weighted by Crippen LogP contribution is 2.49. The van der Waals surface area contributed by atoms with Gasteiger partial charge < -0.3 is 0 Å². The summed E-state index contributed by atoms with van der Waals surface area (Å²) in [5.41, 5.74) is 6.11. The van der Waals surface area contributed by atoms with Gasteiger partial charge in [-0.25, -0.2) is 0 Å². The van der Waals surface area contributed by atoms with Gasteiger partial charge in [-0.2, -0.15) is 10.2 Å².